The topological polar surface area (TPSA) is 58.3 Å². The van der Waals surface area contributed by atoms with Crippen molar-refractivity contribution in [3.63, 3.8) is 0 Å². The molecule has 0 aromatic rings. The smallest absolute Gasteiger partial charge is 0.0556 e. The van der Waals surface area contributed by atoms with Gasteiger partial charge >= 0.3 is 0 Å². The van der Waals surface area contributed by atoms with Gasteiger partial charge in [0.1, 0.15) is 0 Å². The maximum Gasteiger partial charge on any atom is 0.0556 e. The third-order valence-electron chi connectivity index (χ3n) is 2.94. The van der Waals surface area contributed by atoms with Crippen LogP contribution in [0.3, 0.4) is 0 Å². The van der Waals surface area contributed by atoms with Crippen molar-refractivity contribution >= 4 is 0 Å². The predicted octanol–water partition coefficient (Wildman–Crippen LogP) is 0.0858. The molecular formula is C9H20N2O. The van der Waals surface area contributed by atoms with E-state index in [-0.39, 0.29) is 12.1 Å². The molecule has 12 heavy (non-hydrogen) atoms. The molecule has 0 bridgehead atoms. The lowest BCUT2D eigenvalue weighted by molar-refractivity contribution is 0.230. The van der Waals surface area contributed by atoms with Gasteiger partial charge in [-0.3, -0.25) is 0 Å². The van der Waals surface area contributed by atoms with E-state index in [1.165, 1.54) is 12.8 Å². The number of β-amino-alcohol motifs (C(OH)–C–C–N with tert-alkyl or cyclic N) is 1. The van der Waals surface area contributed by atoms with E-state index < -0.39 is 0 Å². The molecule has 1 fully saturated rings. The van der Waals surface area contributed by atoms with Gasteiger partial charge in [-0.25, -0.2) is 0 Å². The normalized spacial score (nSPS) is 22.2. The number of hydrogen-bond acceptors (Lipinski definition) is 3. The summed E-state index contributed by atoms with van der Waals surface area (Å²) in [4.78, 5) is 0. The number of hydrogen-bond donors (Lipinski definition) is 3. The van der Waals surface area contributed by atoms with Crippen LogP contribution in [0.4, 0.5) is 0 Å². The van der Waals surface area contributed by atoms with Gasteiger partial charge in [-0.15, -0.1) is 0 Å². The summed E-state index contributed by atoms with van der Waals surface area (Å²) in [5.41, 5.74) is 5.87. The van der Waals surface area contributed by atoms with Crippen molar-refractivity contribution in [3.05, 3.63) is 0 Å². The van der Waals surface area contributed by atoms with Gasteiger partial charge in [0, 0.05) is 18.6 Å². The van der Waals surface area contributed by atoms with E-state index in [2.05, 4.69) is 12.2 Å². The third-order valence-corrected chi connectivity index (χ3v) is 2.94. The summed E-state index contributed by atoms with van der Waals surface area (Å²) in [6.07, 6.45) is 3.65. The second kappa shape index (κ2) is 4.21. The van der Waals surface area contributed by atoms with Crippen LogP contribution in [0.5, 0.6) is 0 Å². The largest absolute Gasteiger partial charge is 0.395 e. The summed E-state index contributed by atoms with van der Waals surface area (Å²) in [7, 11) is 0. The Morgan fingerprint density at radius 1 is 1.58 bits per heavy atom. The zero-order valence-corrected chi connectivity index (χ0v) is 7.84. The zero-order chi connectivity index (χ0) is 9.03. The Kier molecular flexibility index (Phi) is 3.50. The molecule has 1 unspecified atom stereocenters. The molecule has 1 rings (SSSR count). The fourth-order valence-electron chi connectivity index (χ4n) is 1.88. The Hall–Kier alpha value is -0.120. The van der Waals surface area contributed by atoms with Crippen LogP contribution in [-0.2, 0) is 0 Å². The van der Waals surface area contributed by atoms with Crippen molar-refractivity contribution in [3.8, 4) is 0 Å². The highest BCUT2D eigenvalue weighted by atomic mass is 16.3. The van der Waals surface area contributed by atoms with Gasteiger partial charge in [0.2, 0.25) is 0 Å². The van der Waals surface area contributed by atoms with Crippen molar-refractivity contribution in [2.45, 2.75) is 31.7 Å². The van der Waals surface area contributed by atoms with Gasteiger partial charge in [0.15, 0.2) is 0 Å². The Labute approximate surface area is 74.3 Å². The van der Waals surface area contributed by atoms with Gasteiger partial charge in [-0.05, 0) is 25.2 Å². The Morgan fingerprint density at radius 2 is 2.25 bits per heavy atom. The van der Waals surface area contributed by atoms with E-state index in [1.54, 1.807) is 0 Å². The summed E-state index contributed by atoms with van der Waals surface area (Å²) < 4.78 is 0. The third kappa shape index (κ3) is 1.97. The van der Waals surface area contributed by atoms with Crippen LogP contribution in [-0.4, -0.2) is 30.3 Å². The number of nitrogens with two attached hydrogens (primary N) is 1. The Bertz CT molecular complexity index is 130. The van der Waals surface area contributed by atoms with Crippen LogP contribution in [0, 0.1) is 5.92 Å². The van der Waals surface area contributed by atoms with Crippen LogP contribution in [0.2, 0.25) is 0 Å². The molecule has 0 heterocycles. The molecule has 0 spiro atoms. The average Bonchev–Trinajstić information content (AvgIpc) is 2.91. The number of aliphatic hydroxyl groups is 1. The van der Waals surface area contributed by atoms with E-state index in [1.807, 2.05) is 0 Å². The van der Waals surface area contributed by atoms with Crippen molar-refractivity contribution in [1.29, 1.82) is 0 Å². The van der Waals surface area contributed by atoms with Gasteiger partial charge in [0.25, 0.3) is 0 Å². The first-order valence-corrected chi connectivity index (χ1v) is 4.85. The molecule has 0 saturated heterocycles. The van der Waals surface area contributed by atoms with E-state index >= 15 is 0 Å². The lowest BCUT2D eigenvalue weighted by atomic mass is 9.90. The molecule has 0 aromatic heterocycles. The highest BCUT2D eigenvalue weighted by Crippen LogP contribution is 2.40. The first-order chi connectivity index (χ1) is 5.79. The summed E-state index contributed by atoms with van der Waals surface area (Å²) in [5, 5.41) is 12.1. The van der Waals surface area contributed by atoms with Crippen LogP contribution in [0.25, 0.3) is 0 Å². The van der Waals surface area contributed by atoms with Crippen molar-refractivity contribution in [2.24, 2.45) is 11.7 Å². The maximum atomic E-state index is 8.72. The predicted molar refractivity (Wildman–Crippen MR) is 49.9 cm³/mol. The monoisotopic (exact) mass is 172 g/mol. The van der Waals surface area contributed by atoms with Crippen molar-refractivity contribution in [2.75, 3.05) is 19.7 Å². The molecule has 3 heteroatoms. The molecule has 0 aliphatic heterocycles. The van der Waals surface area contributed by atoms with E-state index in [9.17, 15) is 0 Å². The first-order valence-electron chi connectivity index (χ1n) is 4.85. The van der Waals surface area contributed by atoms with Crippen LogP contribution in [0.1, 0.15) is 26.2 Å². The first kappa shape index (κ1) is 9.96. The molecule has 1 aliphatic carbocycles. The van der Waals surface area contributed by atoms with Crippen LogP contribution in [0.15, 0.2) is 0 Å². The van der Waals surface area contributed by atoms with E-state index in [0.29, 0.717) is 13.1 Å². The minimum Gasteiger partial charge on any atom is -0.395 e. The molecule has 1 saturated carbocycles. The fraction of sp³-hybridized carbons (Fsp3) is 1.00. The SMILES string of the molecule is CCC(CN)(NCCO)C1CC1. The van der Waals surface area contributed by atoms with Crippen molar-refractivity contribution in [1.82, 2.24) is 5.32 Å². The second-order valence-corrected chi connectivity index (χ2v) is 3.64. The molecule has 3 nitrogen and oxygen atoms in total. The summed E-state index contributed by atoms with van der Waals surface area (Å²) in [6, 6.07) is 0. The maximum absolute atomic E-state index is 8.72. The molecule has 4 N–H and O–H groups in total. The summed E-state index contributed by atoms with van der Waals surface area (Å²) >= 11 is 0. The van der Waals surface area contributed by atoms with Gasteiger partial charge in [0.05, 0.1) is 6.61 Å². The lowest BCUT2D eigenvalue weighted by Gasteiger charge is -2.32. The van der Waals surface area contributed by atoms with Gasteiger partial charge in [-0.2, -0.15) is 0 Å². The second-order valence-electron chi connectivity index (χ2n) is 3.64. The van der Waals surface area contributed by atoms with E-state index in [4.69, 9.17) is 10.8 Å². The number of nitrogens with one attached hydrogen (secondary N) is 1. The summed E-state index contributed by atoms with van der Waals surface area (Å²) in [6.45, 7) is 3.72. The highest BCUT2D eigenvalue weighted by molar-refractivity contribution is 5.00. The minimum absolute atomic E-state index is 0.114. The zero-order valence-electron chi connectivity index (χ0n) is 7.84. The van der Waals surface area contributed by atoms with Crippen LogP contribution >= 0.6 is 0 Å². The molecule has 1 atom stereocenters. The summed E-state index contributed by atoms with van der Waals surface area (Å²) in [5.74, 6) is 0.749. The quantitative estimate of drug-likeness (QED) is 0.532. The number of aliphatic hydroxyl groups excluding tert-OH is 1. The molecule has 0 aromatic carbocycles. The van der Waals surface area contributed by atoms with Gasteiger partial charge < -0.3 is 16.2 Å². The highest BCUT2D eigenvalue weighted by Gasteiger charge is 2.42. The van der Waals surface area contributed by atoms with Crippen molar-refractivity contribution < 1.29 is 5.11 Å². The minimum atomic E-state index is 0.114. The molecule has 0 radical (unpaired) electrons. The number of rotatable bonds is 6. The standard InChI is InChI=1S/C9H20N2O/c1-2-9(7-10,8-3-4-8)11-5-6-12/h8,11-12H,2-7,10H2,1H3. The molecule has 0 amide bonds. The van der Waals surface area contributed by atoms with Crippen LogP contribution < -0.4 is 11.1 Å². The molecular weight excluding hydrogens is 152 g/mol. The van der Waals surface area contributed by atoms with E-state index in [0.717, 1.165) is 12.3 Å². The fourth-order valence-corrected chi connectivity index (χ4v) is 1.88. The Morgan fingerprint density at radius 3 is 2.58 bits per heavy atom. The lowest BCUT2D eigenvalue weighted by Crippen LogP contribution is -2.53. The Balaban J connectivity index is 2.43. The molecule has 72 valence electrons. The van der Waals surface area contributed by atoms with Gasteiger partial charge in [-0.1, -0.05) is 6.92 Å². The molecule has 1 aliphatic rings. The average molecular weight is 172 g/mol.